The van der Waals surface area contributed by atoms with Crippen molar-refractivity contribution in [3.8, 4) is 0 Å². The Balaban J connectivity index is 2.39. The average Bonchev–Trinajstić information content (AvgIpc) is 2.75. The van der Waals surface area contributed by atoms with Crippen LogP contribution in [0.25, 0.3) is 0 Å². The Labute approximate surface area is 72.9 Å². The second kappa shape index (κ2) is 2.61. The first-order valence-electron chi connectivity index (χ1n) is 4.66. The van der Waals surface area contributed by atoms with Crippen molar-refractivity contribution in [3.05, 3.63) is 17.0 Å². The van der Waals surface area contributed by atoms with Crippen molar-refractivity contribution in [2.75, 3.05) is 0 Å². The Hall–Kier alpha value is -0.790. The molecule has 0 bridgehead atoms. The highest BCUT2D eigenvalue weighted by Gasteiger charge is 2.31. The van der Waals surface area contributed by atoms with Gasteiger partial charge < -0.3 is 4.52 Å². The Morgan fingerprint density at radius 1 is 1.42 bits per heavy atom. The van der Waals surface area contributed by atoms with Gasteiger partial charge in [0.25, 0.3) is 0 Å². The minimum Gasteiger partial charge on any atom is -0.361 e. The largest absolute Gasteiger partial charge is 0.361 e. The molecule has 2 heteroatoms. The maximum atomic E-state index is 5.21. The first kappa shape index (κ1) is 7.84. The molecule has 0 aliphatic heterocycles. The number of hydrogen-bond acceptors (Lipinski definition) is 2. The SMILES string of the molecule is Cc1onc(C2CC2)c1C(C)C. The summed E-state index contributed by atoms with van der Waals surface area (Å²) in [5, 5.41) is 4.12. The summed E-state index contributed by atoms with van der Waals surface area (Å²) in [6.45, 7) is 6.41. The summed E-state index contributed by atoms with van der Waals surface area (Å²) in [4.78, 5) is 0. The van der Waals surface area contributed by atoms with Gasteiger partial charge in [-0.3, -0.25) is 0 Å². The van der Waals surface area contributed by atoms with E-state index in [1.165, 1.54) is 24.1 Å². The lowest BCUT2D eigenvalue weighted by Crippen LogP contribution is -1.93. The van der Waals surface area contributed by atoms with E-state index in [2.05, 4.69) is 19.0 Å². The van der Waals surface area contributed by atoms with Gasteiger partial charge in [0.1, 0.15) is 5.76 Å². The van der Waals surface area contributed by atoms with Crippen LogP contribution in [0, 0.1) is 6.92 Å². The van der Waals surface area contributed by atoms with E-state index >= 15 is 0 Å². The van der Waals surface area contributed by atoms with Gasteiger partial charge in [-0.15, -0.1) is 0 Å². The van der Waals surface area contributed by atoms with Gasteiger partial charge in [-0.2, -0.15) is 0 Å². The van der Waals surface area contributed by atoms with Crippen LogP contribution in [-0.2, 0) is 0 Å². The number of aryl methyl sites for hydroxylation is 1. The molecule has 1 aromatic rings. The standard InChI is InChI=1S/C10H15NO/c1-6(2)9-7(3)12-11-10(9)8-4-5-8/h6,8H,4-5H2,1-3H3. The van der Waals surface area contributed by atoms with Gasteiger partial charge in [0.15, 0.2) is 0 Å². The van der Waals surface area contributed by atoms with Gasteiger partial charge in [0, 0.05) is 11.5 Å². The molecule has 1 aliphatic carbocycles. The van der Waals surface area contributed by atoms with Crippen molar-refractivity contribution >= 4 is 0 Å². The highest BCUT2D eigenvalue weighted by atomic mass is 16.5. The summed E-state index contributed by atoms with van der Waals surface area (Å²) in [6, 6.07) is 0. The zero-order chi connectivity index (χ0) is 8.72. The van der Waals surface area contributed by atoms with Crippen LogP contribution in [0.3, 0.4) is 0 Å². The molecule has 0 unspecified atom stereocenters. The van der Waals surface area contributed by atoms with Crippen LogP contribution in [0.2, 0.25) is 0 Å². The molecule has 0 atom stereocenters. The van der Waals surface area contributed by atoms with E-state index in [4.69, 9.17) is 4.52 Å². The van der Waals surface area contributed by atoms with Crippen molar-refractivity contribution in [3.63, 3.8) is 0 Å². The summed E-state index contributed by atoms with van der Waals surface area (Å²) in [5.41, 5.74) is 2.57. The summed E-state index contributed by atoms with van der Waals surface area (Å²) in [5.74, 6) is 2.26. The summed E-state index contributed by atoms with van der Waals surface area (Å²) in [6.07, 6.45) is 2.59. The first-order chi connectivity index (χ1) is 5.70. The predicted molar refractivity (Wildman–Crippen MR) is 47.3 cm³/mol. The maximum absolute atomic E-state index is 5.21. The van der Waals surface area contributed by atoms with Gasteiger partial charge in [0.2, 0.25) is 0 Å². The van der Waals surface area contributed by atoms with Gasteiger partial charge in [0.05, 0.1) is 5.69 Å². The lowest BCUT2D eigenvalue weighted by Gasteiger charge is -2.03. The van der Waals surface area contributed by atoms with E-state index in [9.17, 15) is 0 Å². The molecule has 0 amide bonds. The molecule has 1 saturated carbocycles. The fraction of sp³-hybridized carbons (Fsp3) is 0.700. The summed E-state index contributed by atoms with van der Waals surface area (Å²) < 4.78 is 5.21. The lowest BCUT2D eigenvalue weighted by molar-refractivity contribution is 0.389. The lowest BCUT2D eigenvalue weighted by atomic mass is 9.99. The topological polar surface area (TPSA) is 26.0 Å². The molecule has 0 spiro atoms. The third kappa shape index (κ3) is 1.15. The quantitative estimate of drug-likeness (QED) is 0.673. The molecule has 2 nitrogen and oxygen atoms in total. The minimum atomic E-state index is 0.548. The molecule has 66 valence electrons. The second-order valence-electron chi connectivity index (χ2n) is 3.97. The molecule has 1 aliphatic rings. The van der Waals surface area contributed by atoms with Gasteiger partial charge >= 0.3 is 0 Å². The molecular formula is C10H15NO. The molecule has 1 fully saturated rings. The minimum absolute atomic E-state index is 0.548. The van der Waals surface area contributed by atoms with Crippen LogP contribution < -0.4 is 0 Å². The molecule has 0 N–H and O–H groups in total. The Morgan fingerprint density at radius 3 is 2.58 bits per heavy atom. The van der Waals surface area contributed by atoms with Crippen molar-refractivity contribution in [1.82, 2.24) is 5.16 Å². The normalized spacial score (nSPS) is 17.3. The highest BCUT2D eigenvalue weighted by Crippen LogP contribution is 2.43. The zero-order valence-electron chi connectivity index (χ0n) is 7.92. The van der Waals surface area contributed by atoms with Crippen LogP contribution in [0.1, 0.15) is 55.5 Å². The van der Waals surface area contributed by atoms with Crippen molar-refractivity contribution < 1.29 is 4.52 Å². The smallest absolute Gasteiger partial charge is 0.137 e. The van der Waals surface area contributed by atoms with Gasteiger partial charge in [-0.1, -0.05) is 19.0 Å². The van der Waals surface area contributed by atoms with Gasteiger partial charge in [-0.05, 0) is 25.7 Å². The van der Waals surface area contributed by atoms with E-state index < -0.39 is 0 Å². The Kier molecular flexibility index (Phi) is 1.71. The van der Waals surface area contributed by atoms with Crippen LogP contribution in [0.4, 0.5) is 0 Å². The van der Waals surface area contributed by atoms with Crippen molar-refractivity contribution in [2.45, 2.75) is 45.4 Å². The molecule has 1 aromatic heterocycles. The van der Waals surface area contributed by atoms with Crippen LogP contribution >= 0.6 is 0 Å². The summed E-state index contributed by atoms with van der Waals surface area (Å²) in [7, 11) is 0. The van der Waals surface area contributed by atoms with E-state index in [1.54, 1.807) is 0 Å². The molecule has 2 rings (SSSR count). The van der Waals surface area contributed by atoms with Crippen LogP contribution in [0.5, 0.6) is 0 Å². The van der Waals surface area contributed by atoms with E-state index in [-0.39, 0.29) is 0 Å². The molecule has 0 radical (unpaired) electrons. The fourth-order valence-electron chi connectivity index (χ4n) is 1.75. The molecule has 0 saturated heterocycles. The Morgan fingerprint density at radius 2 is 2.08 bits per heavy atom. The maximum Gasteiger partial charge on any atom is 0.137 e. The third-order valence-corrected chi connectivity index (χ3v) is 2.48. The molecule has 12 heavy (non-hydrogen) atoms. The Bertz CT molecular complexity index is 284. The summed E-state index contributed by atoms with van der Waals surface area (Å²) >= 11 is 0. The van der Waals surface area contributed by atoms with Gasteiger partial charge in [-0.25, -0.2) is 0 Å². The average molecular weight is 165 g/mol. The third-order valence-electron chi connectivity index (χ3n) is 2.48. The zero-order valence-corrected chi connectivity index (χ0v) is 7.92. The molecular weight excluding hydrogens is 150 g/mol. The van der Waals surface area contributed by atoms with E-state index in [1.807, 2.05) is 6.92 Å². The van der Waals surface area contributed by atoms with Crippen LogP contribution in [0.15, 0.2) is 4.52 Å². The van der Waals surface area contributed by atoms with Crippen LogP contribution in [-0.4, -0.2) is 5.16 Å². The van der Waals surface area contributed by atoms with E-state index in [0.29, 0.717) is 11.8 Å². The fourth-order valence-corrected chi connectivity index (χ4v) is 1.75. The highest BCUT2D eigenvalue weighted by molar-refractivity contribution is 5.30. The second-order valence-corrected chi connectivity index (χ2v) is 3.97. The number of hydrogen-bond donors (Lipinski definition) is 0. The van der Waals surface area contributed by atoms with Crippen molar-refractivity contribution in [2.24, 2.45) is 0 Å². The number of nitrogens with zero attached hydrogens (tertiary/aromatic N) is 1. The number of rotatable bonds is 2. The molecule has 0 aromatic carbocycles. The number of aromatic nitrogens is 1. The van der Waals surface area contributed by atoms with Crippen molar-refractivity contribution in [1.29, 1.82) is 0 Å². The first-order valence-corrected chi connectivity index (χ1v) is 4.66. The monoisotopic (exact) mass is 165 g/mol. The predicted octanol–water partition coefficient (Wildman–Crippen LogP) is 2.98. The molecule has 1 heterocycles. The van der Waals surface area contributed by atoms with E-state index in [0.717, 1.165) is 5.76 Å².